The molecule has 6 nitrogen and oxygen atoms in total. The highest BCUT2D eigenvalue weighted by Gasteiger charge is 2.25. The van der Waals surface area contributed by atoms with Gasteiger partial charge in [-0.2, -0.15) is 0 Å². The molecule has 1 amide bonds. The van der Waals surface area contributed by atoms with Crippen molar-refractivity contribution < 1.29 is 19.1 Å². The van der Waals surface area contributed by atoms with E-state index in [0.717, 1.165) is 5.56 Å². The second-order valence-electron chi connectivity index (χ2n) is 5.89. The standard InChI is InChI=1S/C18H21ClN2O4/c1-3-11(2)17(18(23)24)21-15(22)8-9-16-20-10-14(25-16)12-4-6-13(19)7-5-12/h4-7,10-11,17H,3,8-9H2,1-2H3,(H,21,22)(H,23,24)/t11-,17-/m0/s1. The van der Waals surface area contributed by atoms with Crippen LogP contribution < -0.4 is 5.32 Å². The number of hydrogen-bond acceptors (Lipinski definition) is 4. The van der Waals surface area contributed by atoms with Gasteiger partial charge in [-0.3, -0.25) is 4.79 Å². The molecule has 1 heterocycles. The van der Waals surface area contributed by atoms with Crippen LogP contribution in [0.4, 0.5) is 0 Å². The molecule has 0 aliphatic heterocycles. The smallest absolute Gasteiger partial charge is 0.326 e. The monoisotopic (exact) mass is 364 g/mol. The first-order valence-corrected chi connectivity index (χ1v) is 8.51. The number of carbonyl (C=O) groups is 2. The number of nitrogens with zero attached hydrogens (tertiary/aromatic N) is 1. The molecule has 1 aromatic heterocycles. The third-order valence-electron chi connectivity index (χ3n) is 4.04. The number of oxazole rings is 1. The van der Waals surface area contributed by atoms with Crippen LogP contribution >= 0.6 is 11.6 Å². The van der Waals surface area contributed by atoms with Gasteiger partial charge in [0.25, 0.3) is 0 Å². The predicted octanol–water partition coefficient (Wildman–Crippen LogP) is 3.54. The number of aliphatic carboxylic acids is 1. The molecule has 0 spiro atoms. The molecule has 2 N–H and O–H groups in total. The van der Waals surface area contributed by atoms with Crippen molar-refractivity contribution in [2.45, 2.75) is 39.2 Å². The lowest BCUT2D eigenvalue weighted by molar-refractivity contribution is -0.143. The van der Waals surface area contributed by atoms with E-state index in [0.29, 0.717) is 29.5 Å². The number of carboxylic acid groups (broad SMARTS) is 1. The van der Waals surface area contributed by atoms with Crippen LogP contribution in [0.2, 0.25) is 5.02 Å². The number of amides is 1. The summed E-state index contributed by atoms with van der Waals surface area (Å²) in [5, 5.41) is 12.4. The molecule has 2 aromatic rings. The first-order valence-electron chi connectivity index (χ1n) is 8.13. The number of benzene rings is 1. The number of nitrogens with one attached hydrogen (secondary N) is 1. The maximum absolute atomic E-state index is 12.0. The van der Waals surface area contributed by atoms with Gasteiger partial charge in [0.05, 0.1) is 6.20 Å². The maximum atomic E-state index is 12.0. The minimum Gasteiger partial charge on any atom is -0.480 e. The molecular weight excluding hydrogens is 344 g/mol. The van der Waals surface area contributed by atoms with Crippen LogP contribution in [0.1, 0.15) is 32.6 Å². The third-order valence-corrected chi connectivity index (χ3v) is 4.30. The molecule has 0 saturated heterocycles. The Labute approximate surface area is 151 Å². The lowest BCUT2D eigenvalue weighted by Gasteiger charge is -2.19. The zero-order chi connectivity index (χ0) is 18.4. The molecule has 1 aromatic carbocycles. The Morgan fingerprint density at radius 1 is 1.32 bits per heavy atom. The Morgan fingerprint density at radius 3 is 2.60 bits per heavy atom. The van der Waals surface area contributed by atoms with E-state index in [4.69, 9.17) is 16.0 Å². The van der Waals surface area contributed by atoms with E-state index in [2.05, 4.69) is 10.3 Å². The maximum Gasteiger partial charge on any atom is 0.326 e. The van der Waals surface area contributed by atoms with Gasteiger partial charge in [-0.05, 0) is 30.2 Å². The van der Waals surface area contributed by atoms with E-state index in [1.165, 1.54) is 0 Å². The van der Waals surface area contributed by atoms with Crippen molar-refractivity contribution in [3.63, 3.8) is 0 Å². The summed E-state index contributed by atoms with van der Waals surface area (Å²) in [6.07, 6.45) is 2.67. The second-order valence-corrected chi connectivity index (χ2v) is 6.33. The van der Waals surface area contributed by atoms with Crippen molar-refractivity contribution in [2.75, 3.05) is 0 Å². The molecular formula is C18H21ClN2O4. The van der Waals surface area contributed by atoms with Crippen LogP contribution in [0.15, 0.2) is 34.9 Å². The van der Waals surface area contributed by atoms with Gasteiger partial charge in [0.15, 0.2) is 11.7 Å². The molecule has 0 aliphatic carbocycles. The van der Waals surface area contributed by atoms with Crippen LogP contribution in [0.5, 0.6) is 0 Å². The molecule has 25 heavy (non-hydrogen) atoms. The van der Waals surface area contributed by atoms with E-state index in [9.17, 15) is 14.7 Å². The lowest BCUT2D eigenvalue weighted by Crippen LogP contribution is -2.45. The van der Waals surface area contributed by atoms with Gasteiger partial charge in [-0.15, -0.1) is 0 Å². The van der Waals surface area contributed by atoms with Crippen LogP contribution in [-0.2, 0) is 16.0 Å². The number of halogens is 1. The van der Waals surface area contributed by atoms with Crippen molar-refractivity contribution >= 4 is 23.5 Å². The number of carbonyl (C=O) groups excluding carboxylic acids is 1. The van der Waals surface area contributed by atoms with Crippen molar-refractivity contribution in [2.24, 2.45) is 5.92 Å². The van der Waals surface area contributed by atoms with Gasteiger partial charge < -0.3 is 14.8 Å². The van der Waals surface area contributed by atoms with Crippen LogP contribution in [0.3, 0.4) is 0 Å². The Hall–Kier alpha value is -2.34. The van der Waals surface area contributed by atoms with Crippen molar-refractivity contribution in [3.8, 4) is 11.3 Å². The van der Waals surface area contributed by atoms with Crippen LogP contribution in [-0.4, -0.2) is 28.0 Å². The Balaban J connectivity index is 1.92. The molecule has 0 unspecified atom stereocenters. The van der Waals surface area contributed by atoms with Crippen molar-refractivity contribution in [1.29, 1.82) is 0 Å². The number of hydrogen-bond donors (Lipinski definition) is 2. The average molecular weight is 365 g/mol. The van der Waals surface area contributed by atoms with Gasteiger partial charge in [0.1, 0.15) is 6.04 Å². The Morgan fingerprint density at radius 2 is 2.00 bits per heavy atom. The number of aromatic nitrogens is 1. The summed E-state index contributed by atoms with van der Waals surface area (Å²) >= 11 is 5.85. The SMILES string of the molecule is CC[C@H](C)[C@H](NC(=O)CCc1ncc(-c2ccc(Cl)cc2)o1)C(=O)O. The van der Waals surface area contributed by atoms with E-state index >= 15 is 0 Å². The molecule has 2 atom stereocenters. The van der Waals surface area contributed by atoms with Gasteiger partial charge in [0, 0.05) is 23.4 Å². The molecule has 0 bridgehead atoms. The topological polar surface area (TPSA) is 92.4 Å². The first kappa shape index (κ1) is 19.0. The lowest BCUT2D eigenvalue weighted by atomic mass is 9.99. The summed E-state index contributed by atoms with van der Waals surface area (Å²) in [7, 11) is 0. The molecule has 134 valence electrons. The fourth-order valence-corrected chi connectivity index (χ4v) is 2.45. The van der Waals surface area contributed by atoms with Crippen molar-refractivity contribution in [3.05, 3.63) is 41.4 Å². The van der Waals surface area contributed by atoms with E-state index in [-0.39, 0.29) is 18.2 Å². The van der Waals surface area contributed by atoms with E-state index in [1.807, 2.05) is 19.1 Å². The quantitative estimate of drug-likeness (QED) is 0.747. The van der Waals surface area contributed by atoms with E-state index in [1.54, 1.807) is 25.3 Å². The fraction of sp³-hybridized carbons (Fsp3) is 0.389. The summed E-state index contributed by atoms with van der Waals surface area (Å²) in [5.41, 5.74) is 0.843. The Kier molecular flexibility index (Phi) is 6.58. The summed E-state index contributed by atoms with van der Waals surface area (Å²) in [4.78, 5) is 27.4. The minimum atomic E-state index is -1.02. The summed E-state index contributed by atoms with van der Waals surface area (Å²) in [6, 6.07) is 6.28. The average Bonchev–Trinajstić information content (AvgIpc) is 3.06. The molecule has 0 fully saturated rings. The molecule has 2 rings (SSSR count). The number of aryl methyl sites for hydroxylation is 1. The van der Waals surface area contributed by atoms with E-state index < -0.39 is 12.0 Å². The van der Waals surface area contributed by atoms with Gasteiger partial charge in [0.2, 0.25) is 5.91 Å². The molecule has 0 saturated carbocycles. The highest BCUT2D eigenvalue weighted by Crippen LogP contribution is 2.22. The molecule has 7 heteroatoms. The second kappa shape index (κ2) is 8.67. The highest BCUT2D eigenvalue weighted by atomic mass is 35.5. The molecule has 0 aliphatic rings. The fourth-order valence-electron chi connectivity index (χ4n) is 2.32. The van der Waals surface area contributed by atoms with Crippen LogP contribution in [0.25, 0.3) is 11.3 Å². The molecule has 0 radical (unpaired) electrons. The number of carboxylic acids is 1. The Bertz CT molecular complexity index is 727. The van der Waals surface area contributed by atoms with Gasteiger partial charge in [-0.25, -0.2) is 9.78 Å². The normalized spacial score (nSPS) is 13.2. The predicted molar refractivity (Wildman–Crippen MR) is 94.3 cm³/mol. The summed E-state index contributed by atoms with van der Waals surface area (Å²) in [6.45, 7) is 3.68. The van der Waals surface area contributed by atoms with Crippen LogP contribution in [0, 0.1) is 5.92 Å². The van der Waals surface area contributed by atoms with Gasteiger partial charge >= 0.3 is 5.97 Å². The zero-order valence-electron chi connectivity index (χ0n) is 14.2. The summed E-state index contributed by atoms with van der Waals surface area (Å²) in [5.74, 6) is -0.479. The van der Waals surface area contributed by atoms with Gasteiger partial charge in [-0.1, -0.05) is 31.9 Å². The minimum absolute atomic E-state index is 0.112. The number of rotatable bonds is 8. The highest BCUT2D eigenvalue weighted by molar-refractivity contribution is 6.30. The summed E-state index contributed by atoms with van der Waals surface area (Å²) < 4.78 is 5.63. The first-order chi connectivity index (χ1) is 11.9. The zero-order valence-corrected chi connectivity index (χ0v) is 14.9. The van der Waals surface area contributed by atoms with Crippen molar-refractivity contribution in [1.82, 2.24) is 10.3 Å². The third kappa shape index (κ3) is 5.32. The largest absolute Gasteiger partial charge is 0.480 e.